The number of ether oxygens (including phenoxy) is 1. The zero-order chi connectivity index (χ0) is 23.1. The number of anilines is 1. The van der Waals surface area contributed by atoms with Crippen LogP contribution in [0.2, 0.25) is 5.02 Å². The lowest BCUT2D eigenvalue weighted by Crippen LogP contribution is -2.67. The van der Waals surface area contributed by atoms with Gasteiger partial charge in [0.1, 0.15) is 11.3 Å². The Labute approximate surface area is 182 Å². The molecule has 31 heavy (non-hydrogen) atoms. The number of para-hydroxylation sites is 1. The first kappa shape index (κ1) is 22.8. The van der Waals surface area contributed by atoms with Gasteiger partial charge in [-0.15, -0.1) is 0 Å². The molecule has 0 aliphatic heterocycles. The second kappa shape index (κ2) is 7.99. The Hall–Kier alpha value is -2.89. The molecule has 0 fully saturated rings. The fourth-order valence-electron chi connectivity index (χ4n) is 3.25. The van der Waals surface area contributed by atoms with Crippen LogP contribution in [0.25, 0.3) is 10.9 Å². The highest BCUT2D eigenvalue weighted by Crippen LogP contribution is 2.36. The van der Waals surface area contributed by atoms with Crippen molar-refractivity contribution in [1.82, 2.24) is 4.57 Å². The average Bonchev–Trinajstić information content (AvgIpc) is 2.70. The molecule has 0 aliphatic rings. The third kappa shape index (κ3) is 3.69. The summed E-state index contributed by atoms with van der Waals surface area (Å²) >= 11 is 6.30. The number of halogens is 1. The van der Waals surface area contributed by atoms with Gasteiger partial charge < -0.3 is 29.7 Å². The van der Waals surface area contributed by atoms with Crippen molar-refractivity contribution in [2.45, 2.75) is 11.6 Å². The Balaban J connectivity index is 2.40. The van der Waals surface area contributed by atoms with Crippen LogP contribution < -0.4 is 15.2 Å². The van der Waals surface area contributed by atoms with Crippen molar-refractivity contribution in [3.63, 3.8) is 0 Å². The van der Waals surface area contributed by atoms with E-state index < -0.39 is 28.6 Å². The smallest absolute Gasteiger partial charge is 0.300 e. The number of hydrogen-bond acceptors (Lipinski definition) is 7. The first-order chi connectivity index (χ1) is 14.4. The largest absolute Gasteiger partial charge is 0.495 e. The van der Waals surface area contributed by atoms with Crippen molar-refractivity contribution in [3.8, 4) is 5.75 Å². The van der Waals surface area contributed by atoms with E-state index in [4.69, 9.17) is 16.3 Å². The van der Waals surface area contributed by atoms with E-state index in [1.807, 2.05) is 0 Å². The molecular formula is C20H20BClN2O7. The summed E-state index contributed by atoms with van der Waals surface area (Å²) in [5.74, 6) is -4.95. The van der Waals surface area contributed by atoms with Crippen molar-refractivity contribution in [2.75, 3.05) is 12.0 Å². The molecular weight excluding hydrogens is 426 g/mol. The van der Waals surface area contributed by atoms with Crippen LogP contribution in [0.1, 0.15) is 10.4 Å². The van der Waals surface area contributed by atoms with Gasteiger partial charge in [0, 0.05) is 12.7 Å². The molecule has 0 atom stereocenters. The lowest BCUT2D eigenvalue weighted by Gasteiger charge is -2.41. The molecule has 9 nitrogen and oxygen atoms in total. The Morgan fingerprint density at radius 3 is 2.26 bits per heavy atom. The fraction of sp³-hybridized carbons (Fsp3) is 0.200. The van der Waals surface area contributed by atoms with E-state index in [1.165, 1.54) is 38.4 Å². The van der Waals surface area contributed by atoms with Gasteiger partial charge in [-0.05, 0) is 24.3 Å². The monoisotopic (exact) mass is 446 g/mol. The number of pyridine rings is 1. The summed E-state index contributed by atoms with van der Waals surface area (Å²) in [7, 11) is 3.33. The highest BCUT2D eigenvalue weighted by Gasteiger charge is 2.52. The number of fused-ring (bicyclic) bond motifs is 1. The number of benzene rings is 2. The molecule has 1 aromatic heterocycles. The second-order valence-corrected chi connectivity index (χ2v) is 7.45. The van der Waals surface area contributed by atoms with Crippen LogP contribution in [-0.4, -0.2) is 57.5 Å². The van der Waals surface area contributed by atoms with Crippen molar-refractivity contribution in [3.05, 3.63) is 69.5 Å². The molecule has 0 saturated heterocycles. The zero-order valence-corrected chi connectivity index (χ0v) is 17.7. The van der Waals surface area contributed by atoms with E-state index in [-0.39, 0.29) is 21.8 Å². The Bertz CT molecular complexity index is 1210. The van der Waals surface area contributed by atoms with Crippen LogP contribution in [0.15, 0.2) is 53.3 Å². The molecule has 0 saturated carbocycles. The lowest BCUT2D eigenvalue weighted by molar-refractivity contribution is -0.309. The molecule has 0 aliphatic carbocycles. The topological polar surface area (TPSA) is 132 Å². The van der Waals surface area contributed by atoms with E-state index in [2.05, 4.69) is 0 Å². The van der Waals surface area contributed by atoms with Gasteiger partial charge in [-0.1, -0.05) is 35.9 Å². The van der Waals surface area contributed by atoms with Crippen LogP contribution in [0.4, 0.5) is 5.69 Å². The SMILES string of the molecule is BC(O)(O)C(O)(O)N(C(=O)c1c(OC)c2c(Cl)cccc2n(C)c1=O)c1ccccc1. The summed E-state index contributed by atoms with van der Waals surface area (Å²) in [4.78, 5) is 27.0. The van der Waals surface area contributed by atoms with Crippen LogP contribution in [-0.2, 0) is 7.05 Å². The number of hydrogen-bond donors (Lipinski definition) is 4. The minimum Gasteiger partial charge on any atom is -0.495 e. The van der Waals surface area contributed by atoms with Gasteiger partial charge >= 0.3 is 0 Å². The molecule has 3 aromatic rings. The van der Waals surface area contributed by atoms with Crippen molar-refractivity contribution in [2.24, 2.45) is 7.05 Å². The van der Waals surface area contributed by atoms with Gasteiger partial charge in [0.15, 0.2) is 13.5 Å². The van der Waals surface area contributed by atoms with Gasteiger partial charge in [0.05, 0.1) is 23.0 Å². The molecule has 0 spiro atoms. The van der Waals surface area contributed by atoms with Crippen LogP contribution in [0, 0.1) is 0 Å². The lowest BCUT2D eigenvalue weighted by atomic mass is 9.89. The van der Waals surface area contributed by atoms with E-state index in [9.17, 15) is 30.0 Å². The average molecular weight is 447 g/mol. The Kier molecular flexibility index (Phi) is 5.87. The number of methoxy groups -OCH3 is 1. The van der Waals surface area contributed by atoms with Crippen LogP contribution >= 0.6 is 11.6 Å². The van der Waals surface area contributed by atoms with E-state index in [1.54, 1.807) is 24.3 Å². The number of carbonyl (C=O) groups is 1. The molecule has 1 heterocycles. The summed E-state index contributed by atoms with van der Waals surface area (Å²) < 4.78 is 6.51. The minimum atomic E-state index is -3.52. The zero-order valence-electron chi connectivity index (χ0n) is 16.9. The highest BCUT2D eigenvalue weighted by atomic mass is 35.5. The predicted molar refractivity (Wildman–Crippen MR) is 117 cm³/mol. The van der Waals surface area contributed by atoms with Crippen molar-refractivity contribution < 1.29 is 30.0 Å². The summed E-state index contributed by atoms with van der Waals surface area (Å²) in [6.45, 7) is 0. The normalized spacial score (nSPS) is 12.1. The van der Waals surface area contributed by atoms with E-state index in [0.717, 1.165) is 4.57 Å². The predicted octanol–water partition coefficient (Wildman–Crippen LogP) is -0.243. The maximum atomic E-state index is 13.6. The molecule has 11 heteroatoms. The van der Waals surface area contributed by atoms with Gasteiger partial charge in [0.2, 0.25) is 0 Å². The Morgan fingerprint density at radius 1 is 1.10 bits per heavy atom. The number of amides is 1. The number of carbonyl (C=O) groups excluding carboxylic acids is 1. The molecule has 1 amide bonds. The maximum absolute atomic E-state index is 13.6. The van der Waals surface area contributed by atoms with Crippen LogP contribution in [0.3, 0.4) is 0 Å². The summed E-state index contributed by atoms with van der Waals surface area (Å²) in [6.07, 6.45) is 0. The number of aliphatic hydroxyl groups is 4. The van der Waals surface area contributed by atoms with E-state index in [0.29, 0.717) is 18.3 Å². The Morgan fingerprint density at radius 2 is 1.71 bits per heavy atom. The quantitative estimate of drug-likeness (QED) is 0.314. The van der Waals surface area contributed by atoms with Gasteiger partial charge in [-0.25, -0.2) is 0 Å². The molecule has 0 bridgehead atoms. The third-order valence-corrected chi connectivity index (χ3v) is 5.22. The number of aromatic nitrogens is 1. The third-order valence-electron chi connectivity index (χ3n) is 4.91. The molecule has 0 unspecified atom stereocenters. The minimum absolute atomic E-state index is 0.116. The van der Waals surface area contributed by atoms with Crippen molar-refractivity contribution >= 4 is 41.9 Å². The molecule has 0 radical (unpaired) electrons. The molecule has 4 N–H and O–H groups in total. The van der Waals surface area contributed by atoms with Gasteiger partial charge in [0.25, 0.3) is 17.4 Å². The first-order valence-corrected chi connectivity index (χ1v) is 9.45. The standard InChI is InChI=1S/C20H20BClN2O7/c1-23-13-10-6-9-12(22)14(13)16(31-2)15(17(23)25)18(26)24(11-7-4-3-5-8-11)20(29,30)19(21,27)28/h3-10,27-30H,21H2,1-2H3. The number of nitrogens with zero attached hydrogens (tertiary/aromatic N) is 2. The molecule has 3 rings (SSSR count). The number of rotatable bonds is 5. The second-order valence-electron chi connectivity index (χ2n) is 7.04. The summed E-state index contributed by atoms with van der Waals surface area (Å²) in [5, 5.41) is 41.5. The maximum Gasteiger partial charge on any atom is 0.300 e. The fourth-order valence-corrected chi connectivity index (χ4v) is 3.50. The molecule has 2 aromatic carbocycles. The number of aryl methyl sites for hydroxylation is 1. The summed E-state index contributed by atoms with van der Waals surface area (Å²) in [6, 6.07) is 12.0. The first-order valence-electron chi connectivity index (χ1n) is 9.07. The molecule has 162 valence electrons. The van der Waals surface area contributed by atoms with Gasteiger partial charge in [-0.2, -0.15) is 0 Å². The van der Waals surface area contributed by atoms with Crippen molar-refractivity contribution in [1.29, 1.82) is 0 Å². The van der Waals surface area contributed by atoms with E-state index >= 15 is 0 Å². The summed E-state index contributed by atoms with van der Waals surface area (Å²) in [5.41, 5.74) is -4.30. The van der Waals surface area contributed by atoms with Crippen LogP contribution in [0.5, 0.6) is 5.75 Å². The highest BCUT2D eigenvalue weighted by molar-refractivity contribution is 6.36. The van der Waals surface area contributed by atoms with Gasteiger partial charge in [-0.3, -0.25) is 14.5 Å².